The number of morpholine rings is 1. The van der Waals surface area contributed by atoms with Crippen LogP contribution in [0.1, 0.15) is 34.1 Å². The van der Waals surface area contributed by atoms with Crippen LogP contribution >= 0.6 is 15.9 Å². The average Bonchev–Trinajstić information content (AvgIpc) is 2.27. The lowest BCUT2D eigenvalue weighted by Gasteiger charge is -2.34. The predicted octanol–water partition coefficient (Wildman–Crippen LogP) is 2.68. The zero-order chi connectivity index (χ0) is 13.1. The summed E-state index contributed by atoms with van der Waals surface area (Å²) in [7, 11) is 0. The van der Waals surface area contributed by atoms with E-state index in [2.05, 4.69) is 43.6 Å². The molecule has 3 nitrogen and oxygen atoms in total. The highest BCUT2D eigenvalue weighted by Crippen LogP contribution is 2.28. The van der Waals surface area contributed by atoms with Gasteiger partial charge in [-0.15, -0.1) is 0 Å². The number of alkyl halides is 1. The molecule has 0 bridgehead atoms. The first-order chi connectivity index (χ1) is 7.84. The highest BCUT2D eigenvalue weighted by atomic mass is 79.9. The van der Waals surface area contributed by atoms with Gasteiger partial charge in [-0.05, 0) is 11.3 Å². The third-order valence-corrected chi connectivity index (χ3v) is 4.34. The molecule has 0 aromatic carbocycles. The van der Waals surface area contributed by atoms with Crippen LogP contribution in [0.25, 0.3) is 0 Å². The molecular weight excluding hydrogens is 282 g/mol. The zero-order valence-electron chi connectivity index (χ0n) is 11.3. The lowest BCUT2D eigenvalue weighted by molar-refractivity contribution is -0.139. The van der Waals surface area contributed by atoms with Crippen molar-refractivity contribution in [3.63, 3.8) is 0 Å². The summed E-state index contributed by atoms with van der Waals surface area (Å²) in [4.78, 5) is 14.1. The molecule has 0 aromatic rings. The zero-order valence-corrected chi connectivity index (χ0v) is 12.9. The van der Waals surface area contributed by atoms with Crippen LogP contribution in [0, 0.1) is 11.3 Å². The maximum absolute atomic E-state index is 12.2. The van der Waals surface area contributed by atoms with E-state index in [0.717, 1.165) is 18.4 Å². The summed E-state index contributed by atoms with van der Waals surface area (Å²) in [5, 5.41) is 0.797. The van der Waals surface area contributed by atoms with Crippen LogP contribution in [0.5, 0.6) is 0 Å². The Bertz CT molecular complexity index is 263. The van der Waals surface area contributed by atoms with E-state index in [1.807, 2.05) is 4.90 Å². The summed E-state index contributed by atoms with van der Waals surface area (Å²) in [5.41, 5.74) is 0.191. The van der Waals surface area contributed by atoms with Gasteiger partial charge in [0.25, 0.3) is 0 Å². The van der Waals surface area contributed by atoms with Gasteiger partial charge >= 0.3 is 0 Å². The van der Waals surface area contributed by atoms with Crippen molar-refractivity contribution in [1.29, 1.82) is 0 Å². The first kappa shape index (κ1) is 15.0. The van der Waals surface area contributed by atoms with Gasteiger partial charge in [-0.2, -0.15) is 0 Å². The summed E-state index contributed by atoms with van der Waals surface area (Å²) in [5.74, 6) is 0.668. The minimum absolute atomic E-state index is 0.151. The Morgan fingerprint density at radius 2 is 2.18 bits per heavy atom. The van der Waals surface area contributed by atoms with Gasteiger partial charge in [0.15, 0.2) is 0 Å². The van der Waals surface area contributed by atoms with Crippen molar-refractivity contribution in [2.45, 2.75) is 40.2 Å². The van der Waals surface area contributed by atoms with Crippen molar-refractivity contribution in [2.75, 3.05) is 25.0 Å². The van der Waals surface area contributed by atoms with Gasteiger partial charge < -0.3 is 9.64 Å². The molecule has 0 radical (unpaired) electrons. The smallest absolute Gasteiger partial charge is 0.223 e. The largest absolute Gasteiger partial charge is 0.374 e. The van der Waals surface area contributed by atoms with Crippen molar-refractivity contribution in [3.05, 3.63) is 0 Å². The maximum atomic E-state index is 12.2. The molecule has 2 atom stereocenters. The number of hydrogen-bond acceptors (Lipinski definition) is 2. The Morgan fingerprint density at radius 1 is 1.53 bits per heavy atom. The van der Waals surface area contributed by atoms with Gasteiger partial charge in [0.2, 0.25) is 5.91 Å². The third-order valence-electron chi connectivity index (χ3n) is 3.62. The number of nitrogens with zero attached hydrogens (tertiary/aromatic N) is 1. The van der Waals surface area contributed by atoms with Crippen molar-refractivity contribution in [2.24, 2.45) is 11.3 Å². The fourth-order valence-electron chi connectivity index (χ4n) is 1.74. The van der Waals surface area contributed by atoms with E-state index in [1.165, 1.54) is 0 Å². The molecule has 4 heteroatoms. The fraction of sp³-hybridized carbons (Fsp3) is 0.923. The second-order valence-corrected chi connectivity index (χ2v) is 6.61. The normalized spacial score (nSPS) is 23.6. The van der Waals surface area contributed by atoms with Crippen molar-refractivity contribution in [1.82, 2.24) is 4.90 Å². The number of ether oxygens (including phenoxy) is 1. The summed E-state index contributed by atoms with van der Waals surface area (Å²) < 4.78 is 5.54. The Balaban J connectivity index is 2.47. The van der Waals surface area contributed by atoms with Crippen LogP contribution in [-0.2, 0) is 9.53 Å². The second-order valence-electron chi connectivity index (χ2n) is 5.96. The highest BCUT2D eigenvalue weighted by molar-refractivity contribution is 9.09. The molecule has 1 rings (SSSR count). The van der Waals surface area contributed by atoms with Gasteiger partial charge in [0, 0.05) is 24.8 Å². The maximum Gasteiger partial charge on any atom is 0.223 e. The lowest BCUT2D eigenvalue weighted by Crippen LogP contribution is -2.47. The minimum atomic E-state index is 0.151. The van der Waals surface area contributed by atoms with Gasteiger partial charge in [0.05, 0.1) is 12.7 Å². The Kier molecular flexibility index (Phi) is 5.45. The third kappa shape index (κ3) is 4.59. The molecule has 2 unspecified atom stereocenters. The molecule has 0 aromatic heterocycles. The molecule has 1 aliphatic rings. The standard InChI is InChI=1S/C13H24BrNO2/c1-10(13(2,3)4)7-12(16)15-5-6-17-11(8-14)9-15/h10-11H,5-9H2,1-4H3. The molecule has 0 N–H and O–H groups in total. The van der Waals surface area contributed by atoms with Crippen LogP contribution in [0.3, 0.4) is 0 Å². The van der Waals surface area contributed by atoms with Crippen molar-refractivity contribution < 1.29 is 9.53 Å². The predicted molar refractivity (Wildman–Crippen MR) is 73.4 cm³/mol. The molecule has 0 spiro atoms. The van der Waals surface area contributed by atoms with Gasteiger partial charge in [-0.3, -0.25) is 4.79 Å². The molecule has 100 valence electrons. The molecule has 1 amide bonds. The molecule has 17 heavy (non-hydrogen) atoms. The number of carbonyl (C=O) groups excluding carboxylic acids is 1. The molecular formula is C13H24BrNO2. The Hall–Kier alpha value is -0.0900. The number of halogens is 1. The number of hydrogen-bond donors (Lipinski definition) is 0. The van der Waals surface area contributed by atoms with Gasteiger partial charge in [-0.25, -0.2) is 0 Å². The minimum Gasteiger partial charge on any atom is -0.374 e. The monoisotopic (exact) mass is 305 g/mol. The molecule has 0 saturated carbocycles. The van der Waals surface area contributed by atoms with Crippen LogP contribution in [0.15, 0.2) is 0 Å². The van der Waals surface area contributed by atoms with E-state index >= 15 is 0 Å². The lowest BCUT2D eigenvalue weighted by atomic mass is 9.80. The molecule has 1 fully saturated rings. The molecule has 1 aliphatic heterocycles. The van der Waals surface area contributed by atoms with E-state index in [-0.39, 0.29) is 17.4 Å². The first-order valence-corrected chi connectivity index (χ1v) is 7.42. The summed E-state index contributed by atoms with van der Waals surface area (Å²) in [6.45, 7) is 10.8. The van der Waals surface area contributed by atoms with Crippen LogP contribution in [-0.4, -0.2) is 41.9 Å². The van der Waals surface area contributed by atoms with Crippen molar-refractivity contribution >= 4 is 21.8 Å². The highest BCUT2D eigenvalue weighted by Gasteiger charge is 2.28. The SMILES string of the molecule is CC(CC(=O)N1CCOC(CBr)C1)C(C)(C)C. The van der Waals surface area contributed by atoms with E-state index in [4.69, 9.17) is 4.74 Å². The fourth-order valence-corrected chi connectivity index (χ4v) is 2.13. The summed E-state index contributed by atoms with van der Waals surface area (Å²) in [6, 6.07) is 0. The average molecular weight is 306 g/mol. The molecule has 1 saturated heterocycles. The van der Waals surface area contributed by atoms with Crippen LogP contribution < -0.4 is 0 Å². The summed E-state index contributed by atoms with van der Waals surface area (Å²) >= 11 is 3.41. The number of amides is 1. The first-order valence-electron chi connectivity index (χ1n) is 6.30. The molecule has 0 aliphatic carbocycles. The van der Waals surface area contributed by atoms with E-state index in [0.29, 0.717) is 18.9 Å². The molecule has 1 heterocycles. The quantitative estimate of drug-likeness (QED) is 0.750. The van der Waals surface area contributed by atoms with E-state index < -0.39 is 0 Å². The Labute approximate surface area is 113 Å². The topological polar surface area (TPSA) is 29.5 Å². The van der Waals surface area contributed by atoms with Crippen LogP contribution in [0.4, 0.5) is 0 Å². The van der Waals surface area contributed by atoms with E-state index in [1.54, 1.807) is 0 Å². The summed E-state index contributed by atoms with van der Waals surface area (Å²) in [6.07, 6.45) is 0.788. The van der Waals surface area contributed by atoms with E-state index in [9.17, 15) is 4.79 Å². The number of carbonyl (C=O) groups is 1. The van der Waals surface area contributed by atoms with Crippen LogP contribution in [0.2, 0.25) is 0 Å². The van der Waals surface area contributed by atoms with Gasteiger partial charge in [0.1, 0.15) is 0 Å². The Morgan fingerprint density at radius 3 is 2.71 bits per heavy atom. The van der Waals surface area contributed by atoms with Gasteiger partial charge in [-0.1, -0.05) is 43.6 Å². The number of rotatable bonds is 3. The van der Waals surface area contributed by atoms with Crippen molar-refractivity contribution in [3.8, 4) is 0 Å². The second kappa shape index (κ2) is 6.19.